The second-order valence-electron chi connectivity index (χ2n) is 13.4. The molecular weight excluding hydrogens is 562 g/mol. The van der Waals surface area contributed by atoms with Crippen molar-refractivity contribution in [2.75, 3.05) is 0 Å². The van der Waals surface area contributed by atoms with Crippen LogP contribution in [-0.2, 0) is 30.3 Å². The highest BCUT2D eigenvalue weighted by Gasteiger charge is 2.42. The first-order valence-corrected chi connectivity index (χ1v) is 15.1. The Bertz CT molecular complexity index is 1330. The van der Waals surface area contributed by atoms with Crippen molar-refractivity contribution >= 4 is 23.9 Å². The Kier molecular flexibility index (Phi) is 11.1. The number of nitrogens with one attached hydrogen (secondary N) is 2. The van der Waals surface area contributed by atoms with Gasteiger partial charge in [0.2, 0.25) is 11.8 Å². The van der Waals surface area contributed by atoms with E-state index in [9.17, 15) is 24.3 Å². The van der Waals surface area contributed by atoms with E-state index in [1.807, 2.05) is 30.3 Å². The number of phenols is 1. The molecule has 1 aliphatic rings. The molecule has 3 N–H and O–H groups in total. The third-order valence-corrected chi connectivity index (χ3v) is 7.18. The molecule has 0 aromatic heterocycles. The number of benzene rings is 2. The van der Waals surface area contributed by atoms with Crippen LogP contribution in [0.5, 0.6) is 5.75 Å². The van der Waals surface area contributed by atoms with Crippen molar-refractivity contribution in [1.29, 1.82) is 0 Å². The molecule has 0 radical (unpaired) electrons. The highest BCUT2D eigenvalue weighted by Crippen LogP contribution is 2.35. The summed E-state index contributed by atoms with van der Waals surface area (Å²) < 4.78 is 11.0. The van der Waals surface area contributed by atoms with Crippen molar-refractivity contribution in [3.8, 4) is 5.75 Å². The molecule has 44 heavy (non-hydrogen) atoms. The molecule has 3 amide bonds. The van der Waals surface area contributed by atoms with Crippen LogP contribution in [0, 0.1) is 6.92 Å². The van der Waals surface area contributed by atoms with Crippen LogP contribution in [0.25, 0.3) is 0 Å². The second kappa shape index (κ2) is 14.1. The molecule has 1 saturated carbocycles. The molecule has 3 unspecified atom stereocenters. The number of alkyl carbamates (subject to hydrolysis) is 1. The van der Waals surface area contributed by atoms with Gasteiger partial charge < -0.3 is 30.1 Å². The predicted molar refractivity (Wildman–Crippen MR) is 167 cm³/mol. The summed E-state index contributed by atoms with van der Waals surface area (Å²) in [5, 5.41) is 15.7. The molecule has 2 aromatic carbocycles. The van der Waals surface area contributed by atoms with Crippen LogP contribution >= 0.6 is 0 Å². The third-order valence-electron chi connectivity index (χ3n) is 7.18. The third kappa shape index (κ3) is 9.72. The topological polar surface area (TPSA) is 134 Å². The Morgan fingerprint density at radius 1 is 0.932 bits per heavy atom. The Morgan fingerprint density at radius 2 is 1.55 bits per heavy atom. The Morgan fingerprint density at radius 3 is 2.07 bits per heavy atom. The molecule has 10 heteroatoms. The van der Waals surface area contributed by atoms with Gasteiger partial charge in [-0.1, -0.05) is 36.4 Å². The summed E-state index contributed by atoms with van der Waals surface area (Å²) in [6.07, 6.45) is 1.65. The lowest BCUT2D eigenvalue weighted by Gasteiger charge is -2.43. The van der Waals surface area contributed by atoms with Crippen molar-refractivity contribution in [3.63, 3.8) is 0 Å². The number of ether oxygens (including phenoxy) is 2. The molecule has 1 fully saturated rings. The molecule has 0 saturated heterocycles. The summed E-state index contributed by atoms with van der Waals surface area (Å²) in [4.78, 5) is 55.9. The van der Waals surface area contributed by atoms with Gasteiger partial charge in [0.1, 0.15) is 35.1 Å². The van der Waals surface area contributed by atoms with E-state index >= 15 is 0 Å². The molecule has 1 aliphatic carbocycles. The normalized spacial score (nSPS) is 15.6. The van der Waals surface area contributed by atoms with Crippen molar-refractivity contribution in [1.82, 2.24) is 15.5 Å². The highest BCUT2D eigenvalue weighted by molar-refractivity contribution is 5.94. The number of hydrogen-bond donors (Lipinski definition) is 3. The minimum absolute atomic E-state index is 0.0464. The Hall–Kier alpha value is -4.08. The quantitative estimate of drug-likeness (QED) is 0.319. The monoisotopic (exact) mass is 609 g/mol. The summed E-state index contributed by atoms with van der Waals surface area (Å²) >= 11 is 0. The Labute approximate surface area is 260 Å². The van der Waals surface area contributed by atoms with Gasteiger partial charge >= 0.3 is 12.1 Å². The lowest BCUT2D eigenvalue weighted by molar-refractivity contribution is -0.159. The molecule has 240 valence electrons. The number of carbonyl (C=O) groups excluding carboxylic acids is 4. The van der Waals surface area contributed by atoms with Crippen LogP contribution in [0.2, 0.25) is 0 Å². The number of aryl methyl sites for hydroxylation is 1. The summed E-state index contributed by atoms with van der Waals surface area (Å²) in [6, 6.07) is 10.5. The van der Waals surface area contributed by atoms with Crippen LogP contribution in [0.3, 0.4) is 0 Å². The number of rotatable bonds is 10. The van der Waals surface area contributed by atoms with Gasteiger partial charge in [-0.25, -0.2) is 9.59 Å². The first-order chi connectivity index (χ1) is 20.4. The van der Waals surface area contributed by atoms with Gasteiger partial charge in [-0.2, -0.15) is 0 Å². The highest BCUT2D eigenvalue weighted by atomic mass is 16.6. The van der Waals surface area contributed by atoms with Gasteiger partial charge in [-0.3, -0.25) is 9.59 Å². The maximum atomic E-state index is 14.3. The minimum atomic E-state index is -1.16. The molecule has 3 rings (SSSR count). The van der Waals surface area contributed by atoms with Crippen LogP contribution in [0.4, 0.5) is 4.79 Å². The van der Waals surface area contributed by atoms with E-state index in [0.29, 0.717) is 24.0 Å². The van der Waals surface area contributed by atoms with E-state index in [2.05, 4.69) is 10.6 Å². The van der Waals surface area contributed by atoms with Gasteiger partial charge in [-0.05, 0) is 103 Å². The van der Waals surface area contributed by atoms with Crippen molar-refractivity contribution in [3.05, 3.63) is 65.2 Å². The lowest BCUT2D eigenvalue weighted by Crippen LogP contribution is -2.58. The summed E-state index contributed by atoms with van der Waals surface area (Å²) in [7, 11) is 0. The fourth-order valence-electron chi connectivity index (χ4n) is 4.91. The van der Waals surface area contributed by atoms with Crippen LogP contribution in [0.1, 0.15) is 90.5 Å². The second-order valence-corrected chi connectivity index (χ2v) is 13.4. The van der Waals surface area contributed by atoms with Crippen LogP contribution < -0.4 is 10.6 Å². The van der Waals surface area contributed by atoms with Crippen molar-refractivity contribution < 1.29 is 33.8 Å². The number of carbonyl (C=O) groups is 4. The van der Waals surface area contributed by atoms with Gasteiger partial charge in [0, 0.05) is 12.5 Å². The zero-order chi connectivity index (χ0) is 32.8. The molecule has 0 heterocycles. The predicted octanol–water partition coefficient (Wildman–Crippen LogP) is 5.11. The summed E-state index contributed by atoms with van der Waals surface area (Å²) in [5.41, 5.74) is 0.255. The van der Waals surface area contributed by atoms with Gasteiger partial charge in [-0.15, -0.1) is 0 Å². The van der Waals surface area contributed by atoms with Gasteiger partial charge in [0.25, 0.3) is 0 Å². The number of phenolic OH excluding ortho intramolecular Hbond substituents is 1. The fraction of sp³-hybridized carbons (Fsp3) is 0.529. The average molecular weight is 610 g/mol. The maximum absolute atomic E-state index is 14.3. The van der Waals surface area contributed by atoms with Crippen molar-refractivity contribution in [2.24, 2.45) is 0 Å². The number of esters is 1. The van der Waals surface area contributed by atoms with E-state index in [1.54, 1.807) is 67.5 Å². The smallest absolute Gasteiger partial charge is 0.408 e. The first-order valence-electron chi connectivity index (χ1n) is 15.1. The molecule has 2 aromatic rings. The summed E-state index contributed by atoms with van der Waals surface area (Å²) in [6.45, 7) is 13.7. The number of nitrogens with zero attached hydrogens (tertiary/aromatic N) is 1. The van der Waals surface area contributed by atoms with E-state index in [4.69, 9.17) is 9.47 Å². The summed E-state index contributed by atoms with van der Waals surface area (Å²) in [5.74, 6) is -1.60. The zero-order valence-corrected chi connectivity index (χ0v) is 27.1. The van der Waals surface area contributed by atoms with E-state index in [0.717, 1.165) is 12.0 Å². The minimum Gasteiger partial charge on any atom is -0.508 e. The van der Waals surface area contributed by atoms with Crippen LogP contribution in [-0.4, -0.2) is 63.2 Å². The van der Waals surface area contributed by atoms with E-state index in [1.165, 1.54) is 11.0 Å². The number of aromatic hydroxyl groups is 1. The SMILES string of the molecule is Cc1cc(C(C(=O)NC(Cc2ccccc2)C(=O)OC(C)(C)C)N(C(=O)C(C)NC(=O)OC(C)(C)C)C2CCC2)ccc1O. The van der Waals surface area contributed by atoms with Crippen molar-refractivity contribution in [2.45, 2.75) is 116 Å². The molecule has 0 bridgehead atoms. The van der Waals surface area contributed by atoms with E-state index < -0.39 is 53.2 Å². The van der Waals surface area contributed by atoms with E-state index in [-0.39, 0.29) is 18.2 Å². The largest absolute Gasteiger partial charge is 0.508 e. The Balaban J connectivity index is 2.02. The molecule has 10 nitrogen and oxygen atoms in total. The zero-order valence-electron chi connectivity index (χ0n) is 27.1. The average Bonchev–Trinajstić information content (AvgIpc) is 2.86. The fourth-order valence-corrected chi connectivity index (χ4v) is 4.91. The van der Waals surface area contributed by atoms with Gasteiger partial charge in [0.05, 0.1) is 0 Å². The molecule has 3 atom stereocenters. The molecular formula is C34H47N3O7. The number of hydrogen-bond acceptors (Lipinski definition) is 7. The first kappa shape index (κ1) is 34.4. The maximum Gasteiger partial charge on any atom is 0.408 e. The number of amides is 3. The molecule has 0 spiro atoms. The van der Waals surface area contributed by atoms with Crippen LogP contribution in [0.15, 0.2) is 48.5 Å². The van der Waals surface area contributed by atoms with Gasteiger partial charge in [0.15, 0.2) is 0 Å². The standard InChI is InChI=1S/C34H47N3O7/c1-21-19-24(17-18-27(21)38)28(37(25-15-12-16-25)30(40)22(2)35-32(42)44-34(6,7)8)29(39)36-26(31(41)43-33(3,4)5)20-23-13-10-9-11-14-23/h9-11,13-14,17-19,22,25-26,28,38H,12,15-16,20H2,1-8H3,(H,35,42)(H,36,39). The molecule has 0 aliphatic heterocycles. The lowest BCUT2D eigenvalue weighted by atomic mass is 9.87.